The number of ether oxygens (including phenoxy) is 1. The minimum atomic E-state index is -0.371. The Labute approximate surface area is 119 Å². The zero-order valence-corrected chi connectivity index (χ0v) is 11.7. The maximum absolute atomic E-state index is 11.6. The molecule has 2 aromatic carbocycles. The number of benzene rings is 2. The number of hydrazine groups is 1. The zero-order chi connectivity index (χ0) is 13.7. The molecule has 3 N–H and O–H groups in total. The van der Waals surface area contributed by atoms with E-state index in [0.717, 1.165) is 10.0 Å². The SMILES string of the molecule is NNC(=O)c1ccccc1OCc1cccc(Br)c1. The van der Waals surface area contributed by atoms with E-state index in [2.05, 4.69) is 21.4 Å². The van der Waals surface area contributed by atoms with Crippen LogP contribution in [0.25, 0.3) is 0 Å². The van der Waals surface area contributed by atoms with Crippen LogP contribution in [0, 0.1) is 0 Å². The second-order valence-corrected chi connectivity index (χ2v) is 4.80. The summed E-state index contributed by atoms with van der Waals surface area (Å²) in [4.78, 5) is 11.6. The van der Waals surface area contributed by atoms with Crippen LogP contribution in [-0.4, -0.2) is 5.91 Å². The van der Waals surface area contributed by atoms with Gasteiger partial charge in [0.05, 0.1) is 5.56 Å². The van der Waals surface area contributed by atoms with Gasteiger partial charge in [-0.2, -0.15) is 0 Å². The van der Waals surface area contributed by atoms with Crippen LogP contribution >= 0.6 is 15.9 Å². The molecule has 98 valence electrons. The second kappa shape index (κ2) is 6.36. The molecule has 1 amide bonds. The molecule has 0 spiro atoms. The smallest absolute Gasteiger partial charge is 0.268 e. The van der Waals surface area contributed by atoms with Gasteiger partial charge in [0, 0.05) is 4.47 Å². The van der Waals surface area contributed by atoms with Gasteiger partial charge >= 0.3 is 0 Å². The molecule has 2 rings (SSSR count). The van der Waals surface area contributed by atoms with Crippen LogP contribution in [0.5, 0.6) is 5.75 Å². The molecule has 0 atom stereocenters. The highest BCUT2D eigenvalue weighted by atomic mass is 79.9. The van der Waals surface area contributed by atoms with Crippen molar-refractivity contribution in [3.63, 3.8) is 0 Å². The zero-order valence-electron chi connectivity index (χ0n) is 10.1. The van der Waals surface area contributed by atoms with Gasteiger partial charge in [-0.1, -0.05) is 40.2 Å². The summed E-state index contributed by atoms with van der Waals surface area (Å²) in [5.74, 6) is 5.27. The molecule has 2 aromatic rings. The first-order chi connectivity index (χ1) is 9.20. The van der Waals surface area contributed by atoms with E-state index in [0.29, 0.717) is 17.9 Å². The second-order valence-electron chi connectivity index (χ2n) is 3.89. The minimum absolute atomic E-state index is 0.371. The van der Waals surface area contributed by atoms with E-state index in [1.165, 1.54) is 0 Å². The van der Waals surface area contributed by atoms with Crippen LogP contribution in [-0.2, 0) is 6.61 Å². The topological polar surface area (TPSA) is 64.3 Å². The third kappa shape index (κ3) is 3.56. The Balaban J connectivity index is 2.13. The van der Waals surface area contributed by atoms with E-state index in [1.54, 1.807) is 18.2 Å². The molecule has 0 aliphatic rings. The molecule has 0 saturated heterocycles. The Bertz CT molecular complexity index is 587. The van der Waals surface area contributed by atoms with Gasteiger partial charge in [0.2, 0.25) is 0 Å². The predicted molar refractivity (Wildman–Crippen MR) is 76.6 cm³/mol. The van der Waals surface area contributed by atoms with Gasteiger partial charge < -0.3 is 4.74 Å². The lowest BCUT2D eigenvalue weighted by Crippen LogP contribution is -2.30. The summed E-state index contributed by atoms with van der Waals surface area (Å²) in [6.07, 6.45) is 0. The van der Waals surface area contributed by atoms with Gasteiger partial charge in [-0.3, -0.25) is 10.2 Å². The standard InChI is InChI=1S/C14H13BrN2O2/c15-11-5-3-4-10(8-11)9-19-13-7-2-1-6-12(13)14(18)17-16/h1-8H,9,16H2,(H,17,18). The van der Waals surface area contributed by atoms with Crippen LogP contribution in [0.4, 0.5) is 0 Å². The first-order valence-electron chi connectivity index (χ1n) is 5.68. The van der Waals surface area contributed by atoms with E-state index < -0.39 is 0 Å². The lowest BCUT2D eigenvalue weighted by molar-refractivity contribution is 0.0949. The van der Waals surface area contributed by atoms with Gasteiger partial charge in [-0.25, -0.2) is 5.84 Å². The maximum atomic E-state index is 11.6. The molecular formula is C14H13BrN2O2. The monoisotopic (exact) mass is 320 g/mol. The molecule has 0 fully saturated rings. The van der Waals surface area contributed by atoms with E-state index >= 15 is 0 Å². The lowest BCUT2D eigenvalue weighted by atomic mass is 10.2. The van der Waals surface area contributed by atoms with Crippen molar-refractivity contribution in [3.05, 3.63) is 64.1 Å². The number of hydrogen-bond donors (Lipinski definition) is 2. The average Bonchev–Trinajstić information content (AvgIpc) is 2.45. The fourth-order valence-corrected chi connectivity index (χ4v) is 2.09. The summed E-state index contributed by atoms with van der Waals surface area (Å²) in [5.41, 5.74) is 3.53. The van der Waals surface area contributed by atoms with Gasteiger partial charge in [0.15, 0.2) is 0 Å². The predicted octanol–water partition coefficient (Wildman–Crippen LogP) is 2.63. The number of nitrogens with one attached hydrogen (secondary N) is 1. The Morgan fingerprint density at radius 3 is 2.74 bits per heavy atom. The van der Waals surface area contributed by atoms with Gasteiger partial charge in [0.25, 0.3) is 5.91 Å². The molecule has 0 aliphatic carbocycles. The van der Waals surface area contributed by atoms with Crippen molar-refractivity contribution in [1.82, 2.24) is 5.43 Å². The van der Waals surface area contributed by atoms with Crippen molar-refractivity contribution in [2.45, 2.75) is 6.61 Å². The van der Waals surface area contributed by atoms with Crippen LogP contribution in [0.2, 0.25) is 0 Å². The number of carbonyl (C=O) groups is 1. The quantitative estimate of drug-likeness (QED) is 0.517. The van der Waals surface area contributed by atoms with Crippen molar-refractivity contribution >= 4 is 21.8 Å². The first-order valence-corrected chi connectivity index (χ1v) is 6.47. The maximum Gasteiger partial charge on any atom is 0.268 e. The number of para-hydroxylation sites is 1. The van der Waals surface area contributed by atoms with E-state index in [4.69, 9.17) is 10.6 Å². The number of halogens is 1. The third-order valence-corrected chi connectivity index (χ3v) is 3.04. The van der Waals surface area contributed by atoms with Crippen molar-refractivity contribution in [3.8, 4) is 5.75 Å². The van der Waals surface area contributed by atoms with Gasteiger partial charge in [-0.15, -0.1) is 0 Å². The Morgan fingerprint density at radius 1 is 1.21 bits per heavy atom. The number of hydrogen-bond acceptors (Lipinski definition) is 3. The van der Waals surface area contributed by atoms with Crippen molar-refractivity contribution < 1.29 is 9.53 Å². The van der Waals surface area contributed by atoms with Gasteiger partial charge in [0.1, 0.15) is 12.4 Å². The first kappa shape index (κ1) is 13.6. The molecule has 19 heavy (non-hydrogen) atoms. The molecule has 0 aliphatic heterocycles. The summed E-state index contributed by atoms with van der Waals surface area (Å²) < 4.78 is 6.65. The van der Waals surface area contributed by atoms with Crippen LogP contribution in [0.1, 0.15) is 15.9 Å². The molecule has 0 bridgehead atoms. The van der Waals surface area contributed by atoms with Crippen molar-refractivity contribution in [2.75, 3.05) is 0 Å². The summed E-state index contributed by atoms with van der Waals surface area (Å²) in [7, 11) is 0. The van der Waals surface area contributed by atoms with Crippen LogP contribution in [0.15, 0.2) is 53.0 Å². The molecule has 0 heterocycles. The fourth-order valence-electron chi connectivity index (χ4n) is 1.65. The number of amides is 1. The van der Waals surface area contributed by atoms with E-state index in [9.17, 15) is 4.79 Å². The van der Waals surface area contributed by atoms with Crippen molar-refractivity contribution in [2.24, 2.45) is 5.84 Å². The summed E-state index contributed by atoms with van der Waals surface area (Å²) in [6.45, 7) is 0.383. The fraction of sp³-hybridized carbons (Fsp3) is 0.0714. The summed E-state index contributed by atoms with van der Waals surface area (Å²) in [5, 5.41) is 0. The Morgan fingerprint density at radius 2 is 2.00 bits per heavy atom. The van der Waals surface area contributed by atoms with Crippen LogP contribution < -0.4 is 16.0 Å². The summed E-state index contributed by atoms with van der Waals surface area (Å²) >= 11 is 3.40. The Kier molecular flexibility index (Phi) is 4.54. The number of rotatable bonds is 4. The van der Waals surface area contributed by atoms with E-state index in [-0.39, 0.29) is 5.91 Å². The third-order valence-electron chi connectivity index (χ3n) is 2.55. The molecule has 4 nitrogen and oxygen atoms in total. The number of nitrogens with two attached hydrogens (primary N) is 1. The highest BCUT2D eigenvalue weighted by Crippen LogP contribution is 2.20. The van der Waals surface area contributed by atoms with Crippen LogP contribution in [0.3, 0.4) is 0 Å². The highest BCUT2D eigenvalue weighted by molar-refractivity contribution is 9.10. The molecule has 0 unspecified atom stereocenters. The molecule has 0 saturated carbocycles. The number of nitrogen functional groups attached to an aromatic ring is 1. The van der Waals surface area contributed by atoms with Crippen molar-refractivity contribution in [1.29, 1.82) is 0 Å². The molecular weight excluding hydrogens is 308 g/mol. The lowest BCUT2D eigenvalue weighted by Gasteiger charge is -2.10. The van der Waals surface area contributed by atoms with Gasteiger partial charge in [-0.05, 0) is 29.8 Å². The highest BCUT2D eigenvalue weighted by Gasteiger charge is 2.10. The minimum Gasteiger partial charge on any atom is -0.488 e. The largest absolute Gasteiger partial charge is 0.488 e. The normalized spacial score (nSPS) is 10.0. The Hall–Kier alpha value is -1.85. The average molecular weight is 321 g/mol. The molecule has 0 radical (unpaired) electrons. The summed E-state index contributed by atoms with van der Waals surface area (Å²) in [6, 6.07) is 14.8. The molecule has 5 heteroatoms. The number of carbonyl (C=O) groups excluding carboxylic acids is 1. The van der Waals surface area contributed by atoms with E-state index in [1.807, 2.05) is 30.3 Å². The molecule has 0 aromatic heterocycles.